The van der Waals surface area contributed by atoms with Crippen LogP contribution in [-0.2, 0) is 17.8 Å². The van der Waals surface area contributed by atoms with Gasteiger partial charge in [-0.1, -0.05) is 24.3 Å². The predicted octanol–water partition coefficient (Wildman–Crippen LogP) is 1.77. The second-order valence-corrected chi connectivity index (χ2v) is 3.90. The van der Waals surface area contributed by atoms with E-state index in [1.54, 1.807) is 0 Å². The largest absolute Gasteiger partial charge is 0.481 e. The SMILES string of the molecule is CN(C)Cc1ccccc1CCC(=O)O. The molecule has 0 aliphatic heterocycles. The first-order valence-corrected chi connectivity index (χ1v) is 5.03. The van der Waals surface area contributed by atoms with E-state index in [2.05, 4.69) is 11.0 Å². The molecule has 3 nitrogen and oxygen atoms in total. The normalized spacial score (nSPS) is 10.6. The minimum absolute atomic E-state index is 0.199. The van der Waals surface area contributed by atoms with Crippen LogP contribution in [0.25, 0.3) is 0 Å². The van der Waals surface area contributed by atoms with Crippen LogP contribution in [0.1, 0.15) is 17.5 Å². The topological polar surface area (TPSA) is 40.5 Å². The number of carboxylic acids is 1. The monoisotopic (exact) mass is 207 g/mol. The van der Waals surface area contributed by atoms with Crippen molar-refractivity contribution in [2.45, 2.75) is 19.4 Å². The average molecular weight is 207 g/mol. The molecule has 1 aromatic carbocycles. The van der Waals surface area contributed by atoms with Crippen LogP contribution in [0.2, 0.25) is 0 Å². The summed E-state index contributed by atoms with van der Waals surface area (Å²) in [5.74, 6) is -0.741. The van der Waals surface area contributed by atoms with E-state index in [0.717, 1.165) is 12.1 Å². The number of nitrogens with zero attached hydrogens (tertiary/aromatic N) is 1. The highest BCUT2D eigenvalue weighted by Gasteiger charge is 2.04. The number of aryl methyl sites for hydroxylation is 1. The van der Waals surface area contributed by atoms with Crippen molar-refractivity contribution in [1.29, 1.82) is 0 Å². The summed E-state index contributed by atoms with van der Waals surface area (Å²) >= 11 is 0. The van der Waals surface area contributed by atoms with Gasteiger partial charge in [0.25, 0.3) is 0 Å². The van der Waals surface area contributed by atoms with Crippen LogP contribution in [0, 0.1) is 0 Å². The second kappa shape index (κ2) is 5.51. The lowest BCUT2D eigenvalue weighted by Gasteiger charge is -2.13. The van der Waals surface area contributed by atoms with Crippen LogP contribution in [0.4, 0.5) is 0 Å². The lowest BCUT2D eigenvalue weighted by Crippen LogP contribution is -2.12. The number of benzene rings is 1. The van der Waals surface area contributed by atoms with Gasteiger partial charge in [-0.15, -0.1) is 0 Å². The van der Waals surface area contributed by atoms with Crippen molar-refractivity contribution < 1.29 is 9.90 Å². The van der Waals surface area contributed by atoms with Crippen LogP contribution in [-0.4, -0.2) is 30.1 Å². The molecule has 0 bridgehead atoms. The fourth-order valence-electron chi connectivity index (χ4n) is 1.54. The molecule has 0 saturated carbocycles. The number of carboxylic acid groups (broad SMARTS) is 1. The molecule has 1 aromatic rings. The smallest absolute Gasteiger partial charge is 0.303 e. The van der Waals surface area contributed by atoms with Gasteiger partial charge in [0.2, 0.25) is 0 Å². The van der Waals surface area contributed by atoms with E-state index in [-0.39, 0.29) is 6.42 Å². The van der Waals surface area contributed by atoms with Gasteiger partial charge in [0.15, 0.2) is 0 Å². The molecule has 0 unspecified atom stereocenters. The van der Waals surface area contributed by atoms with E-state index in [0.29, 0.717) is 6.42 Å². The fraction of sp³-hybridized carbons (Fsp3) is 0.417. The Hall–Kier alpha value is -1.35. The third-order valence-electron chi connectivity index (χ3n) is 2.21. The van der Waals surface area contributed by atoms with Crippen molar-refractivity contribution in [1.82, 2.24) is 4.90 Å². The maximum absolute atomic E-state index is 10.5. The average Bonchev–Trinajstić information content (AvgIpc) is 2.15. The van der Waals surface area contributed by atoms with E-state index >= 15 is 0 Å². The number of hydrogen-bond donors (Lipinski definition) is 1. The fourth-order valence-corrected chi connectivity index (χ4v) is 1.54. The number of rotatable bonds is 5. The summed E-state index contributed by atoms with van der Waals surface area (Å²) in [6.07, 6.45) is 0.809. The van der Waals surface area contributed by atoms with Crippen LogP contribution in [0.3, 0.4) is 0 Å². The molecule has 0 heterocycles. The molecular weight excluding hydrogens is 190 g/mol. The van der Waals surface area contributed by atoms with Crippen LogP contribution in [0.15, 0.2) is 24.3 Å². The van der Waals surface area contributed by atoms with E-state index in [1.807, 2.05) is 32.3 Å². The molecule has 0 aromatic heterocycles. The molecule has 0 atom stereocenters. The molecule has 82 valence electrons. The first kappa shape index (κ1) is 11.7. The first-order chi connectivity index (χ1) is 7.09. The van der Waals surface area contributed by atoms with Gasteiger partial charge in [0.05, 0.1) is 0 Å². The Morgan fingerprint density at radius 1 is 1.27 bits per heavy atom. The molecular formula is C12H17NO2. The van der Waals surface area contributed by atoms with Crippen molar-refractivity contribution in [2.75, 3.05) is 14.1 Å². The summed E-state index contributed by atoms with van der Waals surface area (Å²) < 4.78 is 0. The Morgan fingerprint density at radius 2 is 1.87 bits per heavy atom. The minimum atomic E-state index is -0.741. The highest BCUT2D eigenvalue weighted by atomic mass is 16.4. The summed E-state index contributed by atoms with van der Waals surface area (Å²) in [4.78, 5) is 12.6. The van der Waals surface area contributed by atoms with Gasteiger partial charge in [0, 0.05) is 13.0 Å². The molecule has 0 amide bonds. The zero-order valence-electron chi connectivity index (χ0n) is 9.23. The lowest BCUT2D eigenvalue weighted by molar-refractivity contribution is -0.136. The molecule has 1 N–H and O–H groups in total. The molecule has 3 heteroatoms. The summed E-state index contributed by atoms with van der Waals surface area (Å²) in [7, 11) is 4.02. The Morgan fingerprint density at radius 3 is 2.40 bits per heavy atom. The maximum atomic E-state index is 10.5. The molecule has 0 radical (unpaired) electrons. The maximum Gasteiger partial charge on any atom is 0.303 e. The standard InChI is InChI=1S/C12H17NO2/c1-13(2)9-11-6-4-3-5-10(11)7-8-12(14)15/h3-6H,7-9H2,1-2H3,(H,14,15). The van der Waals surface area contributed by atoms with Gasteiger partial charge < -0.3 is 10.0 Å². The Balaban J connectivity index is 2.72. The van der Waals surface area contributed by atoms with Crippen LogP contribution in [0.5, 0.6) is 0 Å². The molecule has 1 rings (SSSR count). The second-order valence-electron chi connectivity index (χ2n) is 3.90. The Labute approximate surface area is 90.3 Å². The Bertz CT molecular complexity index is 334. The van der Waals surface area contributed by atoms with Crippen molar-refractivity contribution in [3.8, 4) is 0 Å². The van der Waals surface area contributed by atoms with Crippen LogP contribution < -0.4 is 0 Å². The molecule has 0 aliphatic carbocycles. The highest BCUT2D eigenvalue weighted by molar-refractivity contribution is 5.67. The molecule has 0 aliphatic rings. The number of carbonyl (C=O) groups is 1. The van der Waals surface area contributed by atoms with Crippen molar-refractivity contribution in [2.24, 2.45) is 0 Å². The minimum Gasteiger partial charge on any atom is -0.481 e. The van der Waals surface area contributed by atoms with E-state index in [9.17, 15) is 4.79 Å². The summed E-state index contributed by atoms with van der Waals surface area (Å²) in [6, 6.07) is 8.00. The third kappa shape index (κ3) is 4.13. The quantitative estimate of drug-likeness (QED) is 0.800. The van der Waals surface area contributed by atoms with Gasteiger partial charge >= 0.3 is 5.97 Å². The summed E-state index contributed by atoms with van der Waals surface area (Å²) in [5.41, 5.74) is 2.34. The summed E-state index contributed by atoms with van der Waals surface area (Å²) in [5, 5.41) is 8.64. The van der Waals surface area contributed by atoms with E-state index in [1.165, 1.54) is 5.56 Å². The highest BCUT2D eigenvalue weighted by Crippen LogP contribution is 2.12. The molecule has 0 saturated heterocycles. The zero-order chi connectivity index (χ0) is 11.3. The molecule has 0 spiro atoms. The Kier molecular flexibility index (Phi) is 4.31. The van der Waals surface area contributed by atoms with Gasteiger partial charge in [0.1, 0.15) is 0 Å². The molecule has 15 heavy (non-hydrogen) atoms. The lowest BCUT2D eigenvalue weighted by atomic mass is 10.0. The van der Waals surface area contributed by atoms with Gasteiger partial charge in [-0.3, -0.25) is 4.79 Å². The van der Waals surface area contributed by atoms with Gasteiger partial charge in [-0.25, -0.2) is 0 Å². The van der Waals surface area contributed by atoms with E-state index < -0.39 is 5.97 Å². The van der Waals surface area contributed by atoms with Gasteiger partial charge in [-0.05, 0) is 31.6 Å². The third-order valence-corrected chi connectivity index (χ3v) is 2.21. The number of hydrogen-bond acceptors (Lipinski definition) is 2. The van der Waals surface area contributed by atoms with E-state index in [4.69, 9.17) is 5.11 Å². The van der Waals surface area contributed by atoms with Gasteiger partial charge in [-0.2, -0.15) is 0 Å². The predicted molar refractivity (Wildman–Crippen MR) is 59.8 cm³/mol. The van der Waals surface area contributed by atoms with Crippen molar-refractivity contribution in [3.63, 3.8) is 0 Å². The first-order valence-electron chi connectivity index (χ1n) is 5.03. The zero-order valence-corrected chi connectivity index (χ0v) is 9.23. The molecule has 0 fully saturated rings. The van der Waals surface area contributed by atoms with Crippen molar-refractivity contribution in [3.05, 3.63) is 35.4 Å². The van der Waals surface area contributed by atoms with Crippen LogP contribution >= 0.6 is 0 Å². The van der Waals surface area contributed by atoms with Crippen molar-refractivity contribution >= 4 is 5.97 Å². The summed E-state index contributed by atoms with van der Waals surface area (Å²) in [6.45, 7) is 0.857. The number of aliphatic carboxylic acids is 1.